The number of nitrogens with two attached hydrogens (primary N) is 1. The third-order valence-electron chi connectivity index (χ3n) is 3.52. The summed E-state index contributed by atoms with van der Waals surface area (Å²) in [5.41, 5.74) is 4.05. The predicted molar refractivity (Wildman–Crippen MR) is 76.3 cm³/mol. The number of hydrogen-bond acceptors (Lipinski definition) is 4. The van der Waals surface area contributed by atoms with Crippen molar-refractivity contribution in [2.45, 2.75) is 19.4 Å². The molecule has 0 saturated carbocycles. The second-order valence-corrected chi connectivity index (χ2v) is 4.85. The summed E-state index contributed by atoms with van der Waals surface area (Å²) in [6.45, 7) is 0.299. The van der Waals surface area contributed by atoms with Crippen molar-refractivity contribution in [3.05, 3.63) is 53.5 Å². The summed E-state index contributed by atoms with van der Waals surface area (Å²) in [7, 11) is 0. The summed E-state index contributed by atoms with van der Waals surface area (Å²) in [5, 5.41) is 0. The van der Waals surface area contributed by atoms with Crippen LogP contribution in [0.4, 0.5) is 5.69 Å². The van der Waals surface area contributed by atoms with E-state index in [0.29, 0.717) is 18.7 Å². The Morgan fingerprint density at radius 2 is 2.05 bits per heavy atom. The molecule has 1 aromatic carbocycles. The fourth-order valence-corrected chi connectivity index (χ4v) is 2.48. The molecule has 0 aliphatic carbocycles. The maximum atomic E-state index is 12.1. The quantitative estimate of drug-likeness (QED) is 0.506. The summed E-state index contributed by atoms with van der Waals surface area (Å²) in [5.74, 6) is 5.29. The van der Waals surface area contributed by atoms with E-state index in [1.807, 2.05) is 29.7 Å². The first-order valence-corrected chi connectivity index (χ1v) is 6.67. The van der Waals surface area contributed by atoms with Crippen molar-refractivity contribution in [1.82, 2.24) is 5.43 Å². The third-order valence-corrected chi connectivity index (χ3v) is 3.52. The van der Waals surface area contributed by atoms with E-state index in [0.717, 1.165) is 17.7 Å². The van der Waals surface area contributed by atoms with Gasteiger partial charge in [-0.2, -0.15) is 0 Å². The number of fused-ring (bicyclic) bond motifs is 1. The maximum Gasteiger partial charge on any atom is 0.300 e. The highest BCUT2D eigenvalue weighted by Crippen LogP contribution is 2.29. The minimum Gasteiger partial charge on any atom is -0.454 e. The van der Waals surface area contributed by atoms with Crippen LogP contribution in [0.2, 0.25) is 0 Å². The molecule has 0 radical (unpaired) electrons. The molecular weight excluding hydrogens is 270 g/mol. The zero-order chi connectivity index (χ0) is 14.8. The Balaban J connectivity index is 1.86. The number of nitrogens with zero attached hydrogens (tertiary/aromatic N) is 1. The number of furan rings is 1. The second-order valence-electron chi connectivity index (χ2n) is 4.85. The van der Waals surface area contributed by atoms with E-state index < -0.39 is 5.91 Å². The van der Waals surface area contributed by atoms with Crippen LogP contribution in [0.3, 0.4) is 0 Å². The van der Waals surface area contributed by atoms with Gasteiger partial charge in [0, 0.05) is 12.1 Å². The van der Waals surface area contributed by atoms with Crippen molar-refractivity contribution in [3.8, 4) is 0 Å². The standard InChI is InChI=1S/C15H15N3O3/c16-17-15(20)13-7-6-11(21-13)9-18-12-4-2-1-3-10(12)5-8-14(18)19/h1-4,6-7H,5,8-9,16H2,(H,17,20). The molecular formula is C15H15N3O3. The second kappa shape index (κ2) is 5.41. The lowest BCUT2D eigenvalue weighted by molar-refractivity contribution is -0.119. The number of amides is 2. The van der Waals surface area contributed by atoms with E-state index in [9.17, 15) is 9.59 Å². The van der Waals surface area contributed by atoms with E-state index in [-0.39, 0.29) is 11.7 Å². The van der Waals surface area contributed by atoms with Crippen LogP contribution in [0, 0.1) is 0 Å². The normalized spacial score (nSPS) is 14.0. The largest absolute Gasteiger partial charge is 0.454 e. The molecule has 0 bridgehead atoms. The Morgan fingerprint density at radius 1 is 1.24 bits per heavy atom. The van der Waals surface area contributed by atoms with Gasteiger partial charge in [0.15, 0.2) is 5.76 Å². The molecule has 6 heteroatoms. The van der Waals surface area contributed by atoms with Crippen LogP contribution in [0.5, 0.6) is 0 Å². The molecule has 0 saturated heterocycles. The van der Waals surface area contributed by atoms with Gasteiger partial charge in [-0.3, -0.25) is 15.0 Å². The molecule has 3 N–H and O–H groups in total. The molecule has 0 fully saturated rings. The molecule has 2 amide bonds. The fraction of sp³-hybridized carbons (Fsp3) is 0.200. The van der Waals surface area contributed by atoms with Gasteiger partial charge in [0.1, 0.15) is 5.76 Å². The number of rotatable bonds is 3. The number of nitrogen functional groups attached to an aromatic ring is 1. The fourth-order valence-electron chi connectivity index (χ4n) is 2.48. The number of hydrogen-bond donors (Lipinski definition) is 2. The van der Waals surface area contributed by atoms with Gasteiger partial charge in [0.25, 0.3) is 0 Å². The molecule has 2 aromatic rings. The lowest BCUT2D eigenvalue weighted by Crippen LogP contribution is -2.34. The van der Waals surface area contributed by atoms with Gasteiger partial charge in [0.05, 0.1) is 6.54 Å². The lowest BCUT2D eigenvalue weighted by atomic mass is 10.0. The van der Waals surface area contributed by atoms with Crippen LogP contribution in [0.1, 0.15) is 28.3 Å². The number of para-hydroxylation sites is 1. The first-order valence-electron chi connectivity index (χ1n) is 6.67. The first kappa shape index (κ1) is 13.4. The van der Waals surface area contributed by atoms with Crippen LogP contribution in [0.15, 0.2) is 40.8 Å². The van der Waals surface area contributed by atoms with Crippen molar-refractivity contribution in [2.24, 2.45) is 5.84 Å². The Morgan fingerprint density at radius 3 is 2.86 bits per heavy atom. The van der Waals surface area contributed by atoms with Gasteiger partial charge in [-0.05, 0) is 30.2 Å². The smallest absolute Gasteiger partial charge is 0.300 e. The Kier molecular flexibility index (Phi) is 3.45. The van der Waals surface area contributed by atoms with Crippen molar-refractivity contribution < 1.29 is 14.0 Å². The van der Waals surface area contributed by atoms with Crippen molar-refractivity contribution >= 4 is 17.5 Å². The molecule has 1 aliphatic rings. The molecule has 0 unspecified atom stereocenters. The molecule has 21 heavy (non-hydrogen) atoms. The Bertz CT molecular complexity index is 693. The van der Waals surface area contributed by atoms with Gasteiger partial charge in [-0.1, -0.05) is 18.2 Å². The highest BCUT2D eigenvalue weighted by molar-refractivity contribution is 5.96. The maximum absolute atomic E-state index is 12.1. The van der Waals surface area contributed by atoms with Crippen molar-refractivity contribution in [3.63, 3.8) is 0 Å². The van der Waals surface area contributed by atoms with Crippen molar-refractivity contribution in [1.29, 1.82) is 0 Å². The van der Waals surface area contributed by atoms with E-state index in [2.05, 4.69) is 0 Å². The van der Waals surface area contributed by atoms with E-state index in [4.69, 9.17) is 10.3 Å². The molecule has 1 aliphatic heterocycles. The SMILES string of the molecule is NNC(=O)c1ccc(CN2C(=O)CCc3ccccc32)o1. The zero-order valence-electron chi connectivity index (χ0n) is 11.3. The molecule has 6 nitrogen and oxygen atoms in total. The summed E-state index contributed by atoms with van der Waals surface area (Å²) in [6, 6.07) is 11.0. The van der Waals surface area contributed by atoms with Crippen LogP contribution >= 0.6 is 0 Å². The topological polar surface area (TPSA) is 88.6 Å². The molecule has 108 valence electrons. The Labute approximate surface area is 121 Å². The Hall–Kier alpha value is -2.60. The highest BCUT2D eigenvalue weighted by atomic mass is 16.4. The zero-order valence-corrected chi connectivity index (χ0v) is 11.3. The van der Waals surface area contributed by atoms with Gasteiger partial charge < -0.3 is 9.32 Å². The lowest BCUT2D eigenvalue weighted by Gasteiger charge is -2.28. The number of aryl methyl sites for hydroxylation is 1. The van der Waals surface area contributed by atoms with Crippen LogP contribution in [-0.2, 0) is 17.8 Å². The molecule has 3 rings (SSSR count). The summed E-state index contributed by atoms with van der Waals surface area (Å²) < 4.78 is 5.42. The van der Waals surface area contributed by atoms with Crippen LogP contribution in [0.25, 0.3) is 0 Å². The van der Waals surface area contributed by atoms with Gasteiger partial charge in [-0.25, -0.2) is 5.84 Å². The molecule has 1 aromatic heterocycles. The minimum atomic E-state index is -0.494. The van der Waals surface area contributed by atoms with E-state index >= 15 is 0 Å². The molecule has 0 spiro atoms. The van der Waals surface area contributed by atoms with Gasteiger partial charge >= 0.3 is 5.91 Å². The average Bonchev–Trinajstić information content (AvgIpc) is 2.98. The van der Waals surface area contributed by atoms with Crippen LogP contribution in [-0.4, -0.2) is 11.8 Å². The van der Waals surface area contributed by atoms with E-state index in [1.165, 1.54) is 6.07 Å². The summed E-state index contributed by atoms with van der Waals surface area (Å²) in [4.78, 5) is 25.2. The van der Waals surface area contributed by atoms with E-state index in [1.54, 1.807) is 11.0 Å². The summed E-state index contributed by atoms with van der Waals surface area (Å²) >= 11 is 0. The van der Waals surface area contributed by atoms with Crippen LogP contribution < -0.4 is 16.2 Å². The monoisotopic (exact) mass is 285 g/mol. The number of carbonyl (C=O) groups excluding carboxylic acids is 2. The number of carbonyl (C=O) groups is 2. The molecule has 2 heterocycles. The number of hydrazine groups is 1. The molecule has 0 atom stereocenters. The predicted octanol–water partition coefficient (Wildman–Crippen LogP) is 1.36. The minimum absolute atomic E-state index is 0.0509. The third kappa shape index (κ3) is 2.53. The first-order chi connectivity index (χ1) is 10.2. The number of nitrogens with one attached hydrogen (secondary N) is 1. The number of anilines is 1. The average molecular weight is 285 g/mol. The highest BCUT2D eigenvalue weighted by Gasteiger charge is 2.25. The summed E-state index contributed by atoms with van der Waals surface area (Å²) in [6.07, 6.45) is 1.23. The van der Waals surface area contributed by atoms with Gasteiger partial charge in [0.2, 0.25) is 5.91 Å². The van der Waals surface area contributed by atoms with Gasteiger partial charge in [-0.15, -0.1) is 0 Å². The number of benzene rings is 1. The van der Waals surface area contributed by atoms with Crippen molar-refractivity contribution in [2.75, 3.05) is 4.90 Å².